The van der Waals surface area contributed by atoms with Crippen LogP contribution in [0.25, 0.3) is 0 Å². The average Bonchev–Trinajstić information content (AvgIpc) is 2.86. The second-order valence-corrected chi connectivity index (χ2v) is 3.71. The third-order valence-electron chi connectivity index (χ3n) is 2.51. The van der Waals surface area contributed by atoms with E-state index in [1.165, 1.54) is 19.3 Å². The van der Waals surface area contributed by atoms with Gasteiger partial charge in [-0.05, 0) is 18.9 Å². The lowest BCUT2D eigenvalue weighted by Crippen LogP contribution is -2.18. The molecule has 1 saturated carbocycles. The first-order chi connectivity index (χ1) is 6.36. The van der Waals surface area contributed by atoms with Gasteiger partial charge in [-0.2, -0.15) is 5.10 Å². The number of hydrogen-bond acceptors (Lipinski definition) is 3. The molecule has 1 fully saturated rings. The summed E-state index contributed by atoms with van der Waals surface area (Å²) in [5, 5.41) is 7.38. The Labute approximate surface area is 78.4 Å². The summed E-state index contributed by atoms with van der Waals surface area (Å²) in [6.45, 7) is 1.95. The van der Waals surface area contributed by atoms with Crippen LogP contribution in [-0.2, 0) is 13.6 Å². The Morgan fingerprint density at radius 1 is 1.62 bits per heavy atom. The topological polar surface area (TPSA) is 42.7 Å². The van der Waals surface area contributed by atoms with Crippen molar-refractivity contribution in [3.05, 3.63) is 12.2 Å². The van der Waals surface area contributed by atoms with E-state index >= 15 is 0 Å². The summed E-state index contributed by atoms with van der Waals surface area (Å²) < 4.78 is 1.81. The molecular weight excluding hydrogens is 164 g/mol. The summed E-state index contributed by atoms with van der Waals surface area (Å²) in [6, 6.07) is 0. The van der Waals surface area contributed by atoms with Crippen LogP contribution in [0.5, 0.6) is 0 Å². The van der Waals surface area contributed by atoms with E-state index in [0.717, 1.165) is 24.8 Å². The molecule has 0 atom stereocenters. The van der Waals surface area contributed by atoms with E-state index in [-0.39, 0.29) is 0 Å². The highest BCUT2D eigenvalue weighted by atomic mass is 15.3. The first-order valence-electron chi connectivity index (χ1n) is 4.90. The van der Waals surface area contributed by atoms with Crippen molar-refractivity contribution < 1.29 is 0 Å². The van der Waals surface area contributed by atoms with Crippen LogP contribution in [0.2, 0.25) is 0 Å². The third kappa shape index (κ3) is 2.52. The predicted octanol–water partition coefficient (Wildman–Crippen LogP) is 0.705. The molecule has 0 saturated heterocycles. The number of aryl methyl sites for hydroxylation is 1. The molecule has 0 unspecified atom stereocenters. The highest BCUT2D eigenvalue weighted by Crippen LogP contribution is 2.31. The molecule has 4 nitrogen and oxygen atoms in total. The fourth-order valence-corrected chi connectivity index (χ4v) is 1.39. The van der Waals surface area contributed by atoms with Crippen molar-refractivity contribution in [3.63, 3.8) is 0 Å². The Morgan fingerprint density at radius 2 is 2.46 bits per heavy atom. The van der Waals surface area contributed by atoms with Gasteiger partial charge in [0.1, 0.15) is 12.2 Å². The van der Waals surface area contributed by atoms with Gasteiger partial charge in [-0.15, -0.1) is 0 Å². The van der Waals surface area contributed by atoms with Crippen LogP contribution in [0.1, 0.15) is 25.1 Å². The van der Waals surface area contributed by atoms with Crippen molar-refractivity contribution in [2.45, 2.75) is 25.8 Å². The van der Waals surface area contributed by atoms with Crippen LogP contribution < -0.4 is 5.32 Å². The minimum Gasteiger partial charge on any atom is -0.310 e. The van der Waals surface area contributed by atoms with Crippen molar-refractivity contribution in [3.8, 4) is 0 Å². The summed E-state index contributed by atoms with van der Waals surface area (Å²) in [5.41, 5.74) is 0. The van der Waals surface area contributed by atoms with E-state index in [1.54, 1.807) is 6.33 Å². The average molecular weight is 180 g/mol. The van der Waals surface area contributed by atoms with Gasteiger partial charge < -0.3 is 5.32 Å². The van der Waals surface area contributed by atoms with Gasteiger partial charge in [-0.25, -0.2) is 4.98 Å². The Kier molecular flexibility index (Phi) is 2.59. The molecule has 1 N–H and O–H groups in total. The lowest BCUT2D eigenvalue weighted by molar-refractivity contribution is 0.577. The lowest BCUT2D eigenvalue weighted by atomic mass is 10.3. The van der Waals surface area contributed by atoms with Crippen LogP contribution >= 0.6 is 0 Å². The Balaban J connectivity index is 1.64. The smallest absolute Gasteiger partial charge is 0.140 e. The van der Waals surface area contributed by atoms with E-state index in [1.807, 2.05) is 11.7 Å². The first kappa shape index (κ1) is 8.69. The van der Waals surface area contributed by atoms with Gasteiger partial charge in [0.2, 0.25) is 0 Å². The number of nitrogens with zero attached hydrogens (tertiary/aromatic N) is 3. The van der Waals surface area contributed by atoms with Crippen LogP contribution in [0.4, 0.5) is 0 Å². The maximum Gasteiger partial charge on any atom is 0.140 e. The molecule has 1 aliphatic carbocycles. The Morgan fingerprint density at radius 3 is 3.08 bits per heavy atom. The van der Waals surface area contributed by atoms with E-state index in [4.69, 9.17) is 0 Å². The molecule has 4 heteroatoms. The van der Waals surface area contributed by atoms with Gasteiger partial charge >= 0.3 is 0 Å². The van der Waals surface area contributed by atoms with Crippen LogP contribution in [-0.4, -0.2) is 21.3 Å². The fraction of sp³-hybridized carbons (Fsp3) is 0.778. The standard InChI is InChI=1S/C9H16N4/c1-13-9(11-7-12-13)6-10-5-4-8-2-3-8/h7-8,10H,2-6H2,1H3. The van der Waals surface area contributed by atoms with Crippen molar-refractivity contribution in [2.75, 3.05) is 6.54 Å². The second-order valence-electron chi connectivity index (χ2n) is 3.71. The van der Waals surface area contributed by atoms with Crippen LogP contribution in [0.15, 0.2) is 6.33 Å². The van der Waals surface area contributed by atoms with Crippen molar-refractivity contribution in [1.82, 2.24) is 20.1 Å². The van der Waals surface area contributed by atoms with Gasteiger partial charge in [0.15, 0.2) is 0 Å². The molecule has 0 spiro atoms. The number of nitrogens with one attached hydrogen (secondary N) is 1. The zero-order valence-electron chi connectivity index (χ0n) is 8.03. The van der Waals surface area contributed by atoms with Crippen molar-refractivity contribution in [2.24, 2.45) is 13.0 Å². The normalized spacial score (nSPS) is 16.4. The molecule has 1 aromatic heterocycles. The monoisotopic (exact) mass is 180 g/mol. The first-order valence-corrected chi connectivity index (χ1v) is 4.90. The summed E-state index contributed by atoms with van der Waals surface area (Å²) in [7, 11) is 1.92. The molecule has 1 aromatic rings. The molecule has 1 aliphatic rings. The molecule has 0 amide bonds. The number of hydrogen-bond donors (Lipinski definition) is 1. The molecule has 2 rings (SSSR count). The number of aromatic nitrogens is 3. The SMILES string of the molecule is Cn1ncnc1CNCCC1CC1. The van der Waals surface area contributed by atoms with Crippen molar-refractivity contribution >= 4 is 0 Å². The maximum atomic E-state index is 4.14. The minimum atomic E-state index is 0.837. The molecule has 0 aromatic carbocycles. The summed E-state index contributed by atoms with van der Waals surface area (Å²) >= 11 is 0. The zero-order valence-corrected chi connectivity index (χ0v) is 8.03. The van der Waals surface area contributed by atoms with E-state index in [9.17, 15) is 0 Å². The molecule has 13 heavy (non-hydrogen) atoms. The van der Waals surface area contributed by atoms with E-state index in [2.05, 4.69) is 15.4 Å². The van der Waals surface area contributed by atoms with Gasteiger partial charge in [0.05, 0.1) is 6.54 Å². The maximum absolute atomic E-state index is 4.14. The highest BCUT2D eigenvalue weighted by Gasteiger charge is 2.19. The van der Waals surface area contributed by atoms with Gasteiger partial charge in [0.25, 0.3) is 0 Å². The molecular formula is C9H16N4. The minimum absolute atomic E-state index is 0.837. The largest absolute Gasteiger partial charge is 0.310 e. The van der Waals surface area contributed by atoms with Gasteiger partial charge in [-0.3, -0.25) is 4.68 Å². The Bertz CT molecular complexity index is 264. The molecule has 0 aliphatic heterocycles. The molecule has 0 bridgehead atoms. The van der Waals surface area contributed by atoms with E-state index in [0.29, 0.717) is 0 Å². The summed E-state index contributed by atoms with van der Waals surface area (Å²) in [6.07, 6.45) is 5.78. The molecule has 0 radical (unpaired) electrons. The van der Waals surface area contributed by atoms with Crippen molar-refractivity contribution in [1.29, 1.82) is 0 Å². The number of rotatable bonds is 5. The van der Waals surface area contributed by atoms with Crippen LogP contribution in [0.3, 0.4) is 0 Å². The fourth-order valence-electron chi connectivity index (χ4n) is 1.39. The predicted molar refractivity (Wildman–Crippen MR) is 50.1 cm³/mol. The molecule has 1 heterocycles. The third-order valence-corrected chi connectivity index (χ3v) is 2.51. The van der Waals surface area contributed by atoms with Gasteiger partial charge in [0, 0.05) is 7.05 Å². The van der Waals surface area contributed by atoms with Gasteiger partial charge in [-0.1, -0.05) is 12.8 Å². The summed E-state index contributed by atoms with van der Waals surface area (Å²) in [5.74, 6) is 2.02. The molecule has 72 valence electrons. The lowest BCUT2D eigenvalue weighted by Gasteiger charge is -2.02. The highest BCUT2D eigenvalue weighted by molar-refractivity contribution is 4.82. The quantitative estimate of drug-likeness (QED) is 0.678. The van der Waals surface area contributed by atoms with E-state index < -0.39 is 0 Å². The Hall–Kier alpha value is -0.900. The summed E-state index contributed by atoms with van der Waals surface area (Å²) in [4.78, 5) is 4.14. The second kappa shape index (κ2) is 3.87. The zero-order chi connectivity index (χ0) is 9.10. The van der Waals surface area contributed by atoms with Crippen LogP contribution in [0, 0.1) is 5.92 Å².